The lowest BCUT2D eigenvalue weighted by atomic mass is 9.79. The van der Waals surface area contributed by atoms with Gasteiger partial charge in [0.2, 0.25) is 0 Å². The van der Waals surface area contributed by atoms with Crippen LogP contribution in [0.2, 0.25) is 0 Å². The molecule has 2 heteroatoms. The van der Waals surface area contributed by atoms with Gasteiger partial charge in [-0.1, -0.05) is 11.6 Å². The molecule has 0 heterocycles. The molecular formula is C15H28N2. The maximum Gasteiger partial charge on any atom is 0.00392 e. The molecule has 0 aromatic carbocycles. The highest BCUT2D eigenvalue weighted by molar-refractivity contribution is 5.08. The molecule has 0 amide bonds. The summed E-state index contributed by atoms with van der Waals surface area (Å²) in [7, 11) is 0. The van der Waals surface area contributed by atoms with Crippen molar-refractivity contribution in [2.24, 2.45) is 23.3 Å². The van der Waals surface area contributed by atoms with Gasteiger partial charge in [-0.2, -0.15) is 0 Å². The Labute approximate surface area is 106 Å². The average Bonchev–Trinajstić information content (AvgIpc) is 2.33. The molecule has 0 saturated heterocycles. The van der Waals surface area contributed by atoms with Crippen molar-refractivity contribution in [1.29, 1.82) is 0 Å². The Bertz CT molecular complexity index is 256. The Morgan fingerprint density at radius 2 is 1.29 bits per heavy atom. The van der Waals surface area contributed by atoms with Gasteiger partial charge in [0.15, 0.2) is 0 Å². The fourth-order valence-corrected chi connectivity index (χ4v) is 3.39. The van der Waals surface area contributed by atoms with E-state index in [1.165, 1.54) is 51.4 Å². The summed E-state index contributed by atoms with van der Waals surface area (Å²) in [6, 6.07) is 0.930. The number of hydrogen-bond donors (Lipinski definition) is 2. The first-order valence-electron chi connectivity index (χ1n) is 7.34. The van der Waals surface area contributed by atoms with Crippen LogP contribution >= 0.6 is 0 Å². The molecule has 4 N–H and O–H groups in total. The zero-order valence-electron chi connectivity index (χ0n) is 11.2. The lowest BCUT2D eigenvalue weighted by Crippen LogP contribution is -2.27. The third-order valence-electron chi connectivity index (χ3n) is 4.73. The number of nitrogens with two attached hydrogens (primary N) is 2. The van der Waals surface area contributed by atoms with E-state index in [4.69, 9.17) is 11.5 Å². The highest BCUT2D eigenvalue weighted by Crippen LogP contribution is 2.32. The summed E-state index contributed by atoms with van der Waals surface area (Å²) >= 11 is 0. The molecule has 17 heavy (non-hydrogen) atoms. The second-order valence-corrected chi connectivity index (χ2v) is 6.20. The van der Waals surface area contributed by atoms with E-state index in [9.17, 15) is 0 Å². The monoisotopic (exact) mass is 236 g/mol. The molecule has 0 bridgehead atoms. The normalized spacial score (nSPS) is 40.3. The van der Waals surface area contributed by atoms with Gasteiger partial charge in [0.05, 0.1) is 0 Å². The number of rotatable bonds is 2. The highest BCUT2D eigenvalue weighted by Gasteiger charge is 2.22. The average molecular weight is 236 g/mol. The van der Waals surface area contributed by atoms with Crippen LogP contribution in [0, 0.1) is 11.8 Å². The van der Waals surface area contributed by atoms with Crippen molar-refractivity contribution in [1.82, 2.24) is 0 Å². The van der Waals surface area contributed by atoms with Crippen LogP contribution in [0.3, 0.4) is 0 Å². The van der Waals surface area contributed by atoms with Gasteiger partial charge in [-0.05, 0) is 70.1 Å². The van der Waals surface area contributed by atoms with Crippen molar-refractivity contribution < 1.29 is 0 Å². The fraction of sp³-hybridized carbons (Fsp3) is 0.867. The summed E-state index contributed by atoms with van der Waals surface area (Å²) in [5.74, 6) is 1.61. The maximum atomic E-state index is 5.96. The lowest BCUT2D eigenvalue weighted by molar-refractivity contribution is 0.349. The smallest absolute Gasteiger partial charge is 0.00392 e. The van der Waals surface area contributed by atoms with Crippen LogP contribution < -0.4 is 11.5 Å². The van der Waals surface area contributed by atoms with Crippen LogP contribution in [0.25, 0.3) is 0 Å². The van der Waals surface area contributed by atoms with Crippen LogP contribution in [0.1, 0.15) is 58.3 Å². The van der Waals surface area contributed by atoms with Gasteiger partial charge in [0.25, 0.3) is 0 Å². The standard InChI is InChI=1S/C15H28N2/c1-11(13-4-8-15(17)9-5-13)10-12-2-6-14(16)7-3-12/h10,12-15H,2-9,16-17H2,1H3/b11-10+. The Balaban J connectivity index is 1.84. The third-order valence-corrected chi connectivity index (χ3v) is 4.73. The lowest BCUT2D eigenvalue weighted by Gasteiger charge is -2.29. The Morgan fingerprint density at radius 3 is 1.82 bits per heavy atom. The van der Waals surface area contributed by atoms with E-state index in [0.717, 1.165) is 11.8 Å². The Morgan fingerprint density at radius 1 is 0.824 bits per heavy atom. The zero-order chi connectivity index (χ0) is 12.3. The van der Waals surface area contributed by atoms with Crippen molar-refractivity contribution in [3.8, 4) is 0 Å². The van der Waals surface area contributed by atoms with Crippen LogP contribution in [0.4, 0.5) is 0 Å². The Hall–Kier alpha value is -0.340. The summed E-state index contributed by atoms with van der Waals surface area (Å²) in [4.78, 5) is 0. The molecule has 2 aliphatic carbocycles. The van der Waals surface area contributed by atoms with Crippen molar-refractivity contribution >= 4 is 0 Å². The van der Waals surface area contributed by atoms with Crippen LogP contribution in [0.15, 0.2) is 11.6 Å². The molecule has 2 aliphatic rings. The molecule has 2 fully saturated rings. The first-order chi connectivity index (χ1) is 8.15. The van der Waals surface area contributed by atoms with Crippen molar-refractivity contribution in [3.05, 3.63) is 11.6 Å². The van der Waals surface area contributed by atoms with Crippen LogP contribution in [0.5, 0.6) is 0 Å². The van der Waals surface area contributed by atoms with E-state index in [-0.39, 0.29) is 0 Å². The maximum absolute atomic E-state index is 5.96. The minimum Gasteiger partial charge on any atom is -0.328 e. The number of hydrogen-bond acceptors (Lipinski definition) is 2. The second-order valence-electron chi connectivity index (χ2n) is 6.20. The molecule has 0 spiro atoms. The molecule has 0 aromatic rings. The summed E-state index contributed by atoms with van der Waals surface area (Å²) in [5, 5.41) is 0. The molecule has 2 rings (SSSR count). The molecule has 0 aromatic heterocycles. The molecule has 2 nitrogen and oxygen atoms in total. The summed E-state index contributed by atoms with van der Waals surface area (Å²) in [5.41, 5.74) is 13.5. The van der Waals surface area contributed by atoms with Crippen LogP contribution in [-0.2, 0) is 0 Å². The summed E-state index contributed by atoms with van der Waals surface area (Å²) in [6.07, 6.45) is 12.6. The van der Waals surface area contributed by atoms with E-state index < -0.39 is 0 Å². The van der Waals surface area contributed by atoms with Gasteiger partial charge >= 0.3 is 0 Å². The van der Waals surface area contributed by atoms with Gasteiger partial charge in [0, 0.05) is 12.1 Å². The molecule has 0 unspecified atom stereocenters. The second kappa shape index (κ2) is 6.01. The first kappa shape index (κ1) is 13.1. The summed E-state index contributed by atoms with van der Waals surface area (Å²) in [6.45, 7) is 2.33. The van der Waals surface area contributed by atoms with Crippen molar-refractivity contribution in [2.45, 2.75) is 70.4 Å². The number of allylic oxidation sites excluding steroid dienone is 2. The van der Waals surface area contributed by atoms with E-state index in [2.05, 4.69) is 13.0 Å². The highest BCUT2D eigenvalue weighted by atomic mass is 14.6. The van der Waals surface area contributed by atoms with Gasteiger partial charge in [-0.3, -0.25) is 0 Å². The molecule has 98 valence electrons. The largest absolute Gasteiger partial charge is 0.328 e. The van der Waals surface area contributed by atoms with Gasteiger partial charge in [-0.25, -0.2) is 0 Å². The Kier molecular flexibility index (Phi) is 4.63. The zero-order valence-corrected chi connectivity index (χ0v) is 11.2. The molecular weight excluding hydrogens is 208 g/mol. The molecule has 0 aliphatic heterocycles. The van der Waals surface area contributed by atoms with E-state index in [1.54, 1.807) is 5.57 Å². The minimum atomic E-state index is 0.465. The van der Waals surface area contributed by atoms with Crippen molar-refractivity contribution in [2.75, 3.05) is 0 Å². The van der Waals surface area contributed by atoms with Crippen LogP contribution in [-0.4, -0.2) is 12.1 Å². The predicted molar refractivity (Wildman–Crippen MR) is 73.6 cm³/mol. The van der Waals surface area contributed by atoms with E-state index in [0.29, 0.717) is 12.1 Å². The topological polar surface area (TPSA) is 52.0 Å². The quantitative estimate of drug-likeness (QED) is 0.724. The SMILES string of the molecule is C/C(=C\C1CCC(N)CC1)C1CCC(N)CC1. The first-order valence-corrected chi connectivity index (χ1v) is 7.34. The van der Waals surface area contributed by atoms with Gasteiger partial charge in [0.1, 0.15) is 0 Å². The minimum absolute atomic E-state index is 0.465. The van der Waals surface area contributed by atoms with E-state index in [1.807, 2.05) is 0 Å². The predicted octanol–water partition coefficient (Wildman–Crippen LogP) is 2.97. The molecule has 2 saturated carbocycles. The molecule has 0 radical (unpaired) electrons. The van der Waals surface area contributed by atoms with Gasteiger partial charge < -0.3 is 11.5 Å². The molecule has 0 atom stereocenters. The van der Waals surface area contributed by atoms with E-state index >= 15 is 0 Å². The summed E-state index contributed by atoms with van der Waals surface area (Å²) < 4.78 is 0. The van der Waals surface area contributed by atoms with Crippen molar-refractivity contribution in [3.63, 3.8) is 0 Å². The fourth-order valence-electron chi connectivity index (χ4n) is 3.39. The third kappa shape index (κ3) is 3.82. The van der Waals surface area contributed by atoms with Gasteiger partial charge in [-0.15, -0.1) is 0 Å².